The smallest absolute Gasteiger partial charge is 0.0333 e. The summed E-state index contributed by atoms with van der Waals surface area (Å²) in [5.74, 6) is 0. The van der Waals surface area contributed by atoms with E-state index in [1.54, 1.807) is 22.3 Å². The molecule has 3 aromatic carbocycles. The first-order chi connectivity index (χ1) is 23.5. The van der Waals surface area contributed by atoms with Gasteiger partial charge in [0.15, 0.2) is 0 Å². The number of unbranched alkanes of at least 4 members (excludes halogenated alkanes) is 20. The van der Waals surface area contributed by atoms with E-state index in [1.807, 2.05) is 0 Å². The lowest BCUT2D eigenvalue weighted by Gasteiger charge is -2.18. The molecule has 0 atom stereocenters. The summed E-state index contributed by atoms with van der Waals surface area (Å²) < 4.78 is 2.61. The maximum Gasteiger partial charge on any atom is 0.0333 e. The van der Waals surface area contributed by atoms with E-state index < -0.39 is 0 Å². The molecule has 0 radical (unpaired) electrons. The Hall–Kier alpha value is -0.860. The van der Waals surface area contributed by atoms with Crippen molar-refractivity contribution in [2.24, 2.45) is 0 Å². The highest BCUT2D eigenvalue weighted by Crippen LogP contribution is 2.42. The van der Waals surface area contributed by atoms with Crippen LogP contribution in [0.1, 0.15) is 204 Å². The lowest BCUT2D eigenvalue weighted by atomic mass is 9.89. The summed E-state index contributed by atoms with van der Waals surface area (Å²) in [5.41, 5.74) is 6.41. The Morgan fingerprint density at radius 3 is 0.688 bits per heavy atom. The summed E-state index contributed by atoms with van der Waals surface area (Å²) in [6.45, 7) is 9.27. The molecule has 0 spiro atoms. The van der Waals surface area contributed by atoms with Crippen molar-refractivity contribution in [3.05, 3.63) is 55.5 Å². The number of benzene rings is 3. The number of halogens is 2. The highest BCUT2D eigenvalue weighted by atomic mass is 79.9. The summed E-state index contributed by atoms with van der Waals surface area (Å²) in [6.07, 6.45) is 37.5. The van der Waals surface area contributed by atoms with E-state index >= 15 is 0 Å². The summed E-state index contributed by atoms with van der Waals surface area (Å²) in [6, 6.07) is 10.3. The van der Waals surface area contributed by atoms with Crippen molar-refractivity contribution < 1.29 is 0 Å². The fourth-order valence-corrected chi connectivity index (χ4v) is 9.02. The number of hydrogen-bond acceptors (Lipinski definition) is 0. The molecule has 0 aromatic heterocycles. The second kappa shape index (κ2) is 25.2. The molecule has 0 saturated heterocycles. The first-order valence-corrected chi connectivity index (χ1v) is 22.5. The second-order valence-corrected chi connectivity index (χ2v) is 16.6. The molecule has 0 unspecified atom stereocenters. The highest BCUT2D eigenvalue weighted by Gasteiger charge is 2.17. The minimum Gasteiger partial charge on any atom is -0.0654 e. The minimum atomic E-state index is 1.22. The molecule has 2 heteroatoms. The van der Waals surface area contributed by atoms with Gasteiger partial charge in [-0.15, -0.1) is 0 Å². The van der Waals surface area contributed by atoms with Gasteiger partial charge in [-0.2, -0.15) is 0 Å². The van der Waals surface area contributed by atoms with Crippen molar-refractivity contribution >= 4 is 53.4 Å². The summed E-state index contributed by atoms with van der Waals surface area (Å²) in [7, 11) is 0. The minimum absolute atomic E-state index is 1.22. The Morgan fingerprint density at radius 2 is 0.479 bits per heavy atom. The van der Waals surface area contributed by atoms with Gasteiger partial charge in [-0.25, -0.2) is 0 Å². The van der Waals surface area contributed by atoms with E-state index in [0.717, 1.165) is 0 Å². The third kappa shape index (κ3) is 14.0. The lowest BCUT2D eigenvalue weighted by Crippen LogP contribution is -2.00. The lowest BCUT2D eigenvalue weighted by molar-refractivity contribution is 0.599. The van der Waals surface area contributed by atoms with E-state index in [9.17, 15) is 0 Å². The van der Waals surface area contributed by atoms with Crippen molar-refractivity contribution in [1.82, 2.24) is 0 Å². The molecule has 0 bridgehead atoms. The molecule has 0 aliphatic carbocycles. The molecule has 0 amide bonds. The fraction of sp³-hybridized carbons (Fsp3) is 0.696. The molecule has 0 aliphatic heterocycles. The quantitative estimate of drug-likeness (QED) is 0.0508. The normalized spacial score (nSPS) is 11.8. The van der Waals surface area contributed by atoms with Crippen molar-refractivity contribution in [1.29, 1.82) is 0 Å². The van der Waals surface area contributed by atoms with Gasteiger partial charge in [0.2, 0.25) is 0 Å². The van der Waals surface area contributed by atoms with Gasteiger partial charge in [0.1, 0.15) is 0 Å². The van der Waals surface area contributed by atoms with Crippen LogP contribution in [0.2, 0.25) is 0 Å². The molecular weight excluding hydrogens is 712 g/mol. The fourth-order valence-electron chi connectivity index (χ4n) is 7.71. The molecule has 48 heavy (non-hydrogen) atoms. The molecule has 3 rings (SSSR count). The Balaban J connectivity index is 1.94. The maximum atomic E-state index is 4.21. The van der Waals surface area contributed by atoms with Crippen LogP contribution in [0, 0.1) is 0 Å². The standard InChI is InChI=1S/C46H72Br2/c1-5-9-13-17-21-25-29-37-33-41-42(34-38(37)30-26-22-18-14-10-6-2)46(48)44-36-40(32-28-24-20-16-12-8-4)39(35-43(44)45(41)47)31-27-23-19-15-11-7-3/h33-36H,5-32H2,1-4H3. The first kappa shape index (κ1) is 41.6. The van der Waals surface area contributed by atoms with Crippen LogP contribution >= 0.6 is 31.9 Å². The van der Waals surface area contributed by atoms with Crippen LogP contribution in [0.15, 0.2) is 33.2 Å². The van der Waals surface area contributed by atoms with Crippen LogP contribution in [0.4, 0.5) is 0 Å². The van der Waals surface area contributed by atoms with E-state index in [-0.39, 0.29) is 0 Å². The van der Waals surface area contributed by atoms with Crippen molar-refractivity contribution in [2.75, 3.05) is 0 Å². The monoisotopic (exact) mass is 782 g/mol. The number of rotatable bonds is 28. The molecule has 0 N–H and O–H groups in total. The summed E-state index contributed by atoms with van der Waals surface area (Å²) in [5, 5.41) is 5.60. The number of fused-ring (bicyclic) bond motifs is 2. The van der Waals surface area contributed by atoms with Crippen LogP contribution in [0.25, 0.3) is 21.5 Å². The molecular formula is C46H72Br2. The van der Waals surface area contributed by atoms with Crippen LogP contribution in [-0.4, -0.2) is 0 Å². The number of hydrogen-bond donors (Lipinski definition) is 0. The van der Waals surface area contributed by atoms with E-state index in [4.69, 9.17) is 0 Å². The van der Waals surface area contributed by atoms with E-state index in [2.05, 4.69) is 83.8 Å². The Kier molecular flexibility index (Phi) is 21.8. The van der Waals surface area contributed by atoms with Crippen molar-refractivity contribution in [2.45, 2.75) is 207 Å². The van der Waals surface area contributed by atoms with E-state index in [0.29, 0.717) is 0 Å². The Morgan fingerprint density at radius 1 is 0.292 bits per heavy atom. The molecule has 0 saturated carbocycles. The Labute approximate surface area is 314 Å². The van der Waals surface area contributed by atoms with Gasteiger partial charge in [0.25, 0.3) is 0 Å². The van der Waals surface area contributed by atoms with Gasteiger partial charge in [0.05, 0.1) is 0 Å². The maximum absolute atomic E-state index is 4.21. The third-order valence-electron chi connectivity index (χ3n) is 10.8. The molecule has 3 aromatic rings. The van der Waals surface area contributed by atoms with E-state index in [1.165, 1.54) is 210 Å². The van der Waals surface area contributed by atoms with Crippen molar-refractivity contribution in [3.63, 3.8) is 0 Å². The van der Waals surface area contributed by atoms with Gasteiger partial charge < -0.3 is 0 Å². The van der Waals surface area contributed by atoms with Crippen molar-refractivity contribution in [3.8, 4) is 0 Å². The predicted molar refractivity (Wildman–Crippen MR) is 225 cm³/mol. The van der Waals surface area contributed by atoms with Gasteiger partial charge >= 0.3 is 0 Å². The topological polar surface area (TPSA) is 0 Å². The third-order valence-corrected chi connectivity index (χ3v) is 12.5. The van der Waals surface area contributed by atoms with Gasteiger partial charge in [-0.3, -0.25) is 0 Å². The second-order valence-electron chi connectivity index (χ2n) is 15.0. The zero-order valence-corrected chi connectivity index (χ0v) is 35.0. The Bertz CT molecular complexity index is 1110. The van der Waals surface area contributed by atoms with Crippen LogP contribution in [0.5, 0.6) is 0 Å². The summed E-state index contributed by atoms with van der Waals surface area (Å²) >= 11 is 8.42. The molecule has 0 nitrogen and oxygen atoms in total. The average Bonchev–Trinajstić information content (AvgIpc) is 3.10. The molecule has 0 heterocycles. The largest absolute Gasteiger partial charge is 0.0654 e. The van der Waals surface area contributed by atoms with Crippen LogP contribution in [-0.2, 0) is 25.7 Å². The SMILES string of the molecule is CCCCCCCCc1cc2c(Br)c3cc(CCCCCCCC)c(CCCCCCCC)cc3c(Br)c2cc1CCCCCCCC. The molecule has 270 valence electrons. The zero-order chi connectivity index (χ0) is 34.4. The molecule has 0 fully saturated rings. The predicted octanol–water partition coefficient (Wildman–Crippen LogP) is 17.1. The summed E-state index contributed by atoms with van der Waals surface area (Å²) in [4.78, 5) is 0. The van der Waals surface area contributed by atoms with Crippen LogP contribution < -0.4 is 0 Å². The first-order valence-electron chi connectivity index (χ1n) is 20.9. The number of aryl methyl sites for hydroxylation is 4. The zero-order valence-electron chi connectivity index (χ0n) is 31.9. The van der Waals surface area contributed by atoms with Gasteiger partial charge in [-0.05, 0) is 151 Å². The van der Waals surface area contributed by atoms with Gasteiger partial charge in [-0.1, -0.05) is 156 Å². The van der Waals surface area contributed by atoms with Crippen LogP contribution in [0.3, 0.4) is 0 Å². The molecule has 0 aliphatic rings. The highest BCUT2D eigenvalue weighted by molar-refractivity contribution is 9.11. The average molecular weight is 785 g/mol. The van der Waals surface area contributed by atoms with Gasteiger partial charge in [0, 0.05) is 8.95 Å².